The molecule has 0 radical (unpaired) electrons. The lowest BCUT2D eigenvalue weighted by Crippen LogP contribution is -2.34. The Kier molecular flexibility index (Phi) is 6.04. The summed E-state index contributed by atoms with van der Waals surface area (Å²) in [4.78, 5) is 24.9. The molecule has 0 bridgehead atoms. The van der Waals surface area contributed by atoms with Gasteiger partial charge in [0.15, 0.2) is 0 Å². The Bertz CT molecular complexity index is 762. The summed E-state index contributed by atoms with van der Waals surface area (Å²) in [6.07, 6.45) is 0.604. The van der Waals surface area contributed by atoms with E-state index in [1.165, 1.54) is 30.0 Å². The molecule has 9 heteroatoms. The topological polar surface area (TPSA) is 100 Å². The highest BCUT2D eigenvalue weighted by atomic mass is 19.1. The Hall–Kier alpha value is -2.97. The molecule has 1 aromatic carbocycles. The highest BCUT2D eigenvalue weighted by Crippen LogP contribution is 2.20. The van der Waals surface area contributed by atoms with Crippen molar-refractivity contribution >= 4 is 23.3 Å². The molecule has 0 saturated carbocycles. The van der Waals surface area contributed by atoms with Gasteiger partial charge in [-0.05, 0) is 25.1 Å². The molecule has 0 atom stereocenters. The molecule has 0 aliphatic carbocycles. The number of halogens is 1. The number of amides is 3. The maximum atomic E-state index is 13.9. The van der Waals surface area contributed by atoms with Gasteiger partial charge < -0.3 is 20.0 Å². The fourth-order valence-corrected chi connectivity index (χ4v) is 2.08. The molecule has 0 aliphatic rings. The van der Waals surface area contributed by atoms with Crippen LogP contribution in [0.4, 0.5) is 20.6 Å². The predicted octanol–water partition coefficient (Wildman–Crippen LogP) is 2.78. The van der Waals surface area contributed by atoms with Crippen molar-refractivity contribution in [1.82, 2.24) is 15.1 Å². The second kappa shape index (κ2) is 8.22. The van der Waals surface area contributed by atoms with E-state index < -0.39 is 11.8 Å². The molecule has 2 rings (SSSR count). The predicted molar refractivity (Wildman–Crippen MR) is 89.5 cm³/mol. The maximum Gasteiger partial charge on any atom is 0.322 e. The van der Waals surface area contributed by atoms with Crippen LogP contribution in [0.1, 0.15) is 32.6 Å². The molecule has 25 heavy (non-hydrogen) atoms. The molecule has 8 nitrogen and oxygen atoms in total. The zero-order valence-corrected chi connectivity index (χ0v) is 14.3. The van der Waals surface area contributed by atoms with E-state index in [0.717, 1.165) is 0 Å². The van der Waals surface area contributed by atoms with Gasteiger partial charge in [0, 0.05) is 25.6 Å². The number of anilines is 2. The number of hydrogen-bond donors (Lipinski definition) is 2. The van der Waals surface area contributed by atoms with Crippen LogP contribution in [0, 0.1) is 5.82 Å². The van der Waals surface area contributed by atoms with Gasteiger partial charge >= 0.3 is 6.03 Å². The fourth-order valence-electron chi connectivity index (χ4n) is 2.08. The van der Waals surface area contributed by atoms with Gasteiger partial charge in [0.2, 0.25) is 17.7 Å². The van der Waals surface area contributed by atoms with Crippen molar-refractivity contribution in [2.75, 3.05) is 17.2 Å². The number of rotatable bonds is 6. The average Bonchev–Trinajstić information content (AvgIpc) is 3.02. The molecule has 3 amide bonds. The van der Waals surface area contributed by atoms with E-state index in [9.17, 15) is 14.0 Å². The lowest BCUT2D eigenvalue weighted by molar-refractivity contribution is -0.114. The Morgan fingerprint density at radius 1 is 1.20 bits per heavy atom. The first-order valence-corrected chi connectivity index (χ1v) is 7.87. The quantitative estimate of drug-likeness (QED) is 0.835. The van der Waals surface area contributed by atoms with Gasteiger partial charge in [-0.2, -0.15) is 0 Å². The summed E-state index contributed by atoms with van der Waals surface area (Å²) in [6.45, 7) is 5.48. The molecule has 2 N–H and O–H groups in total. The van der Waals surface area contributed by atoms with E-state index in [4.69, 9.17) is 4.42 Å². The zero-order valence-electron chi connectivity index (χ0n) is 14.3. The molecule has 0 fully saturated rings. The van der Waals surface area contributed by atoms with Crippen LogP contribution in [0.5, 0.6) is 0 Å². The summed E-state index contributed by atoms with van der Waals surface area (Å²) in [5, 5.41) is 12.7. The van der Waals surface area contributed by atoms with Gasteiger partial charge in [-0.15, -0.1) is 10.2 Å². The van der Waals surface area contributed by atoms with E-state index in [2.05, 4.69) is 20.8 Å². The highest BCUT2D eigenvalue weighted by Gasteiger charge is 2.17. The fraction of sp³-hybridized carbons (Fsp3) is 0.375. The van der Waals surface area contributed by atoms with Gasteiger partial charge in [-0.1, -0.05) is 6.92 Å². The monoisotopic (exact) mass is 349 g/mol. The number of carbonyl (C=O) groups excluding carboxylic acids is 2. The number of nitrogens with zero attached hydrogens (tertiary/aromatic N) is 3. The summed E-state index contributed by atoms with van der Waals surface area (Å²) in [5.74, 6) is -0.103. The number of nitrogens with one attached hydrogen (secondary N) is 2. The first-order valence-electron chi connectivity index (χ1n) is 7.87. The smallest absolute Gasteiger partial charge is 0.322 e. The van der Waals surface area contributed by atoms with Crippen LogP contribution in [-0.2, 0) is 17.8 Å². The summed E-state index contributed by atoms with van der Waals surface area (Å²) < 4.78 is 19.3. The van der Waals surface area contributed by atoms with Crippen molar-refractivity contribution in [3.8, 4) is 0 Å². The van der Waals surface area contributed by atoms with Crippen LogP contribution < -0.4 is 10.6 Å². The number of hydrogen-bond acceptors (Lipinski definition) is 5. The van der Waals surface area contributed by atoms with Gasteiger partial charge in [0.05, 0.1) is 5.69 Å². The molecule has 134 valence electrons. The Morgan fingerprint density at radius 2 is 1.92 bits per heavy atom. The summed E-state index contributed by atoms with van der Waals surface area (Å²) in [5.41, 5.74) is 0.353. The molecular weight excluding hydrogens is 329 g/mol. The largest absolute Gasteiger partial charge is 0.423 e. The number of urea groups is 1. The summed E-state index contributed by atoms with van der Waals surface area (Å²) in [7, 11) is 0. The van der Waals surface area contributed by atoms with E-state index in [-0.39, 0.29) is 18.1 Å². The lowest BCUT2D eigenvalue weighted by atomic mass is 10.2. The van der Waals surface area contributed by atoms with Crippen LogP contribution in [0.15, 0.2) is 22.6 Å². The van der Waals surface area contributed by atoms with Crippen molar-refractivity contribution in [2.45, 2.75) is 33.7 Å². The minimum Gasteiger partial charge on any atom is -0.423 e. The van der Waals surface area contributed by atoms with Crippen LogP contribution >= 0.6 is 0 Å². The van der Waals surface area contributed by atoms with Crippen molar-refractivity contribution in [2.24, 2.45) is 0 Å². The maximum absolute atomic E-state index is 13.9. The number of aryl methyl sites for hydroxylation is 1. The summed E-state index contributed by atoms with van der Waals surface area (Å²) >= 11 is 0. The standard InChI is InChI=1S/C16H20FN5O3/c1-4-14-20-21-15(25-14)9-22(5-2)16(24)19-13-8-11(18-10(3)23)6-7-12(13)17/h6-8H,4-5,9H2,1-3H3,(H,18,23)(H,19,24). The third kappa shape index (κ3) is 5.00. The number of carbonyl (C=O) groups is 2. The molecule has 0 aliphatic heterocycles. The minimum absolute atomic E-state index is 0.0329. The van der Waals surface area contributed by atoms with Crippen molar-refractivity contribution in [3.63, 3.8) is 0 Å². The molecule has 0 spiro atoms. The first-order chi connectivity index (χ1) is 11.9. The van der Waals surface area contributed by atoms with E-state index in [0.29, 0.717) is 30.4 Å². The second-order valence-corrected chi connectivity index (χ2v) is 5.26. The van der Waals surface area contributed by atoms with E-state index in [1.807, 2.05) is 6.92 Å². The first kappa shape index (κ1) is 18.4. The lowest BCUT2D eigenvalue weighted by Gasteiger charge is -2.20. The molecular formula is C16H20FN5O3. The molecule has 2 aromatic rings. The Morgan fingerprint density at radius 3 is 2.52 bits per heavy atom. The zero-order chi connectivity index (χ0) is 18.4. The molecule has 0 unspecified atom stereocenters. The van der Waals surface area contributed by atoms with Crippen molar-refractivity contribution in [3.05, 3.63) is 35.8 Å². The van der Waals surface area contributed by atoms with E-state index in [1.54, 1.807) is 6.92 Å². The molecule has 0 saturated heterocycles. The highest BCUT2D eigenvalue weighted by molar-refractivity contribution is 5.92. The Balaban J connectivity index is 2.09. The third-order valence-corrected chi connectivity index (χ3v) is 3.33. The third-order valence-electron chi connectivity index (χ3n) is 3.33. The summed E-state index contributed by atoms with van der Waals surface area (Å²) in [6, 6.07) is 3.42. The van der Waals surface area contributed by atoms with Gasteiger partial charge in [-0.25, -0.2) is 9.18 Å². The average molecular weight is 349 g/mol. The SMILES string of the molecule is CCc1nnc(CN(CC)C(=O)Nc2cc(NC(C)=O)ccc2F)o1. The molecule has 1 aromatic heterocycles. The minimum atomic E-state index is -0.607. The van der Waals surface area contributed by atoms with Crippen LogP contribution in [-0.4, -0.2) is 33.6 Å². The van der Waals surface area contributed by atoms with Gasteiger partial charge in [0.25, 0.3) is 0 Å². The number of benzene rings is 1. The van der Waals surface area contributed by atoms with Crippen LogP contribution in [0.2, 0.25) is 0 Å². The molecule has 1 heterocycles. The van der Waals surface area contributed by atoms with E-state index >= 15 is 0 Å². The van der Waals surface area contributed by atoms with Crippen LogP contribution in [0.3, 0.4) is 0 Å². The normalized spacial score (nSPS) is 10.4. The van der Waals surface area contributed by atoms with Crippen molar-refractivity contribution in [1.29, 1.82) is 0 Å². The van der Waals surface area contributed by atoms with Gasteiger partial charge in [0.1, 0.15) is 12.4 Å². The van der Waals surface area contributed by atoms with Gasteiger partial charge in [-0.3, -0.25) is 4.79 Å². The van der Waals surface area contributed by atoms with Crippen LogP contribution in [0.25, 0.3) is 0 Å². The second-order valence-electron chi connectivity index (χ2n) is 5.26. The van der Waals surface area contributed by atoms with Crippen molar-refractivity contribution < 1.29 is 18.4 Å². The Labute approximate surface area is 144 Å². The number of aromatic nitrogens is 2.